The van der Waals surface area contributed by atoms with Crippen LogP contribution >= 0.6 is 0 Å². The van der Waals surface area contributed by atoms with E-state index in [0.717, 1.165) is 19.3 Å². The largest absolute Gasteiger partial charge is 0.448 e. The summed E-state index contributed by atoms with van der Waals surface area (Å²) in [6.07, 6.45) is 7.25. The Labute approximate surface area is 188 Å². The van der Waals surface area contributed by atoms with Crippen LogP contribution in [0.3, 0.4) is 0 Å². The van der Waals surface area contributed by atoms with E-state index in [1.54, 1.807) is 4.90 Å². The highest BCUT2D eigenvalue weighted by molar-refractivity contribution is 5.94. The van der Waals surface area contributed by atoms with Crippen LogP contribution in [0.25, 0.3) is 11.1 Å². The van der Waals surface area contributed by atoms with E-state index >= 15 is 0 Å². The summed E-state index contributed by atoms with van der Waals surface area (Å²) < 4.78 is 5.92. The smallest absolute Gasteiger partial charge is 0.410 e. The van der Waals surface area contributed by atoms with Crippen LogP contribution in [0.4, 0.5) is 4.79 Å². The average Bonchev–Trinajstić information content (AvgIpc) is 3.50. The van der Waals surface area contributed by atoms with E-state index in [9.17, 15) is 9.59 Å². The first-order valence-corrected chi connectivity index (χ1v) is 11.7. The zero-order chi connectivity index (χ0) is 21.9. The van der Waals surface area contributed by atoms with Crippen molar-refractivity contribution in [1.82, 2.24) is 9.80 Å². The molecule has 0 bridgehead atoms. The molecule has 2 fully saturated rings. The van der Waals surface area contributed by atoms with E-state index in [4.69, 9.17) is 4.74 Å². The average molecular weight is 429 g/mol. The lowest BCUT2D eigenvalue weighted by molar-refractivity contribution is -0.142. The Morgan fingerprint density at radius 2 is 1.75 bits per heavy atom. The first-order chi connectivity index (χ1) is 15.6. The molecule has 0 unspecified atom stereocenters. The lowest BCUT2D eigenvalue weighted by atomic mass is 9.89. The standard InChI is InChI=1S/C27H28N2O3/c1-18-11-12-19-13-15-27(25(30)29(18)19)14-6-16-28(27)26(31)32-17-24-22-9-4-2-7-20(22)21-8-3-5-10-23(21)24/h2-5,7-10,13,15,18-19,24H,6,11-12,14,16-17H2,1H3/t18-,19+,27-/m1/s1. The molecule has 3 aliphatic heterocycles. The number of carbonyl (C=O) groups excluding carboxylic acids is 2. The monoisotopic (exact) mass is 428 g/mol. The molecule has 2 amide bonds. The number of nitrogens with zero attached hydrogens (tertiary/aromatic N) is 2. The Kier molecular flexibility index (Phi) is 4.42. The highest BCUT2D eigenvalue weighted by Gasteiger charge is 2.55. The van der Waals surface area contributed by atoms with Crippen molar-refractivity contribution < 1.29 is 14.3 Å². The van der Waals surface area contributed by atoms with Gasteiger partial charge < -0.3 is 9.64 Å². The van der Waals surface area contributed by atoms with Gasteiger partial charge in [0.05, 0.1) is 6.04 Å². The quantitative estimate of drug-likeness (QED) is 0.651. The highest BCUT2D eigenvalue weighted by Crippen LogP contribution is 2.45. The minimum absolute atomic E-state index is 0.0190. The molecular weight excluding hydrogens is 400 g/mol. The highest BCUT2D eigenvalue weighted by atomic mass is 16.6. The Balaban J connectivity index is 1.24. The third-order valence-electron chi connectivity index (χ3n) is 7.89. The van der Waals surface area contributed by atoms with E-state index in [-0.39, 0.29) is 36.6 Å². The maximum Gasteiger partial charge on any atom is 0.410 e. The molecule has 3 heterocycles. The molecule has 3 atom stereocenters. The Morgan fingerprint density at radius 1 is 1.06 bits per heavy atom. The number of hydrogen-bond donors (Lipinski definition) is 0. The van der Waals surface area contributed by atoms with Gasteiger partial charge in [0.2, 0.25) is 0 Å². The number of benzene rings is 2. The summed E-state index contributed by atoms with van der Waals surface area (Å²) in [5.41, 5.74) is 3.93. The van der Waals surface area contributed by atoms with Crippen molar-refractivity contribution in [2.45, 2.75) is 56.1 Å². The number of likely N-dealkylation sites (tertiary alicyclic amines) is 1. The Hall–Kier alpha value is -3.08. The van der Waals surface area contributed by atoms with Crippen LogP contribution in [0.2, 0.25) is 0 Å². The summed E-state index contributed by atoms with van der Waals surface area (Å²) in [5.74, 6) is 0.0893. The molecule has 0 N–H and O–H groups in total. The molecule has 32 heavy (non-hydrogen) atoms. The van der Waals surface area contributed by atoms with Gasteiger partial charge in [-0.25, -0.2) is 4.79 Å². The Bertz CT molecular complexity index is 1080. The van der Waals surface area contributed by atoms with Crippen molar-refractivity contribution in [1.29, 1.82) is 0 Å². The number of hydrogen-bond acceptors (Lipinski definition) is 3. The summed E-state index contributed by atoms with van der Waals surface area (Å²) in [6.45, 7) is 2.94. The summed E-state index contributed by atoms with van der Waals surface area (Å²) in [4.78, 5) is 30.6. The maximum atomic E-state index is 13.6. The van der Waals surface area contributed by atoms with Crippen LogP contribution in [-0.2, 0) is 9.53 Å². The molecule has 0 aromatic heterocycles. The normalized spacial score (nSPS) is 28.2. The molecule has 6 rings (SSSR count). The molecule has 2 aromatic carbocycles. The first-order valence-electron chi connectivity index (χ1n) is 11.7. The lowest BCUT2D eigenvalue weighted by Crippen LogP contribution is -2.61. The van der Waals surface area contributed by atoms with Crippen molar-refractivity contribution in [3.63, 3.8) is 0 Å². The summed E-state index contributed by atoms with van der Waals surface area (Å²) in [7, 11) is 0. The minimum atomic E-state index is -0.877. The van der Waals surface area contributed by atoms with E-state index < -0.39 is 5.54 Å². The summed E-state index contributed by atoms with van der Waals surface area (Å²) >= 11 is 0. The third-order valence-corrected chi connectivity index (χ3v) is 7.89. The van der Waals surface area contributed by atoms with Crippen LogP contribution in [-0.4, -0.2) is 52.6 Å². The van der Waals surface area contributed by atoms with E-state index in [2.05, 4.69) is 37.3 Å². The van der Waals surface area contributed by atoms with Crippen LogP contribution in [0.15, 0.2) is 60.7 Å². The molecule has 2 aromatic rings. The number of rotatable bonds is 2. The molecule has 164 valence electrons. The van der Waals surface area contributed by atoms with Gasteiger partial charge in [0.1, 0.15) is 12.1 Å². The molecule has 5 nitrogen and oxygen atoms in total. The van der Waals surface area contributed by atoms with E-state index in [0.29, 0.717) is 13.0 Å². The van der Waals surface area contributed by atoms with Crippen LogP contribution in [0.1, 0.15) is 49.7 Å². The molecule has 0 radical (unpaired) electrons. The number of fused-ring (bicyclic) bond motifs is 4. The number of carbonyl (C=O) groups is 2. The van der Waals surface area contributed by atoms with Crippen molar-refractivity contribution in [2.75, 3.05) is 13.2 Å². The van der Waals surface area contributed by atoms with E-state index in [1.807, 2.05) is 35.2 Å². The zero-order valence-electron chi connectivity index (χ0n) is 18.4. The fraction of sp³-hybridized carbons (Fsp3) is 0.407. The van der Waals surface area contributed by atoms with E-state index in [1.165, 1.54) is 22.3 Å². The van der Waals surface area contributed by atoms with Gasteiger partial charge >= 0.3 is 6.09 Å². The topological polar surface area (TPSA) is 49.9 Å². The summed E-state index contributed by atoms with van der Waals surface area (Å²) in [6, 6.07) is 17.1. The molecule has 1 aliphatic carbocycles. The minimum Gasteiger partial charge on any atom is -0.448 e. The zero-order valence-corrected chi connectivity index (χ0v) is 18.4. The number of ether oxygens (including phenoxy) is 1. The van der Waals surface area contributed by atoms with Crippen LogP contribution in [0, 0.1) is 0 Å². The van der Waals surface area contributed by atoms with Gasteiger partial charge in [-0.05, 0) is 54.9 Å². The number of amides is 2. The fourth-order valence-corrected chi connectivity index (χ4v) is 6.28. The van der Waals surface area contributed by atoms with Crippen molar-refractivity contribution >= 4 is 12.0 Å². The second-order valence-corrected chi connectivity index (χ2v) is 9.55. The second kappa shape index (κ2) is 7.22. The van der Waals surface area contributed by atoms with Gasteiger partial charge in [0.15, 0.2) is 0 Å². The van der Waals surface area contributed by atoms with Gasteiger partial charge in [0.25, 0.3) is 5.91 Å². The molecule has 0 saturated carbocycles. The molecule has 4 aliphatic rings. The first kappa shape index (κ1) is 19.6. The molecule has 5 heteroatoms. The van der Waals surface area contributed by atoms with Gasteiger partial charge in [-0.1, -0.05) is 60.7 Å². The molecule has 1 spiro atoms. The van der Waals surface area contributed by atoms with Crippen LogP contribution in [0.5, 0.6) is 0 Å². The molecule has 2 saturated heterocycles. The lowest BCUT2D eigenvalue weighted by Gasteiger charge is -2.43. The second-order valence-electron chi connectivity index (χ2n) is 9.55. The van der Waals surface area contributed by atoms with Crippen LogP contribution < -0.4 is 0 Å². The van der Waals surface area contributed by atoms with Gasteiger partial charge in [-0.15, -0.1) is 0 Å². The maximum absolute atomic E-state index is 13.6. The predicted octanol–water partition coefficient (Wildman–Crippen LogP) is 4.72. The van der Waals surface area contributed by atoms with Crippen molar-refractivity contribution in [3.05, 3.63) is 71.8 Å². The van der Waals surface area contributed by atoms with Gasteiger partial charge in [0, 0.05) is 18.5 Å². The molecular formula is C27H28N2O3. The van der Waals surface area contributed by atoms with Crippen molar-refractivity contribution in [2.24, 2.45) is 0 Å². The SMILES string of the molecule is C[C@@H]1CC[C@H]2C=C[C@]3(CCCN3C(=O)OCC3c4ccccc4-c4ccccc43)C(=O)N12. The fourth-order valence-electron chi connectivity index (χ4n) is 6.28. The van der Waals surface area contributed by atoms with Gasteiger partial charge in [-0.2, -0.15) is 0 Å². The summed E-state index contributed by atoms with van der Waals surface area (Å²) in [5, 5.41) is 0. The predicted molar refractivity (Wildman–Crippen MR) is 122 cm³/mol. The Morgan fingerprint density at radius 3 is 2.47 bits per heavy atom. The van der Waals surface area contributed by atoms with Crippen molar-refractivity contribution in [3.8, 4) is 11.1 Å². The third kappa shape index (κ3) is 2.70. The van der Waals surface area contributed by atoms with Gasteiger partial charge in [-0.3, -0.25) is 9.69 Å².